The average molecular weight is 199 g/mol. The van der Waals surface area contributed by atoms with E-state index in [0.717, 1.165) is 25.2 Å². The van der Waals surface area contributed by atoms with Crippen molar-refractivity contribution in [2.45, 2.75) is 12.8 Å². The molecule has 0 saturated heterocycles. The second-order valence-corrected chi connectivity index (χ2v) is 3.52. The fourth-order valence-electron chi connectivity index (χ4n) is 1.68. The third-order valence-electron chi connectivity index (χ3n) is 2.46. The van der Waals surface area contributed by atoms with Crippen LogP contribution in [0.15, 0.2) is 35.4 Å². The van der Waals surface area contributed by atoms with E-state index in [1.165, 1.54) is 5.56 Å². The van der Waals surface area contributed by atoms with Crippen LogP contribution in [-0.2, 0) is 0 Å². The van der Waals surface area contributed by atoms with E-state index in [4.69, 9.17) is 5.26 Å². The number of rotatable bonds is 3. The van der Waals surface area contributed by atoms with Crippen molar-refractivity contribution in [1.29, 1.82) is 5.26 Å². The summed E-state index contributed by atoms with van der Waals surface area (Å²) in [6, 6.07) is 12.3. The average Bonchev–Trinajstić information content (AvgIpc) is 2.76. The lowest BCUT2D eigenvalue weighted by atomic mass is 10.1. The van der Waals surface area contributed by atoms with Gasteiger partial charge in [0.15, 0.2) is 0 Å². The molecule has 3 nitrogen and oxygen atoms in total. The van der Waals surface area contributed by atoms with Crippen molar-refractivity contribution >= 4 is 5.71 Å². The van der Waals surface area contributed by atoms with Crippen LogP contribution in [0.4, 0.5) is 0 Å². The molecular formula is C12H13N3. The van der Waals surface area contributed by atoms with E-state index in [0.29, 0.717) is 6.42 Å². The molecule has 2 rings (SSSR count). The summed E-state index contributed by atoms with van der Waals surface area (Å²) in [4.78, 5) is 0. The molecule has 0 radical (unpaired) electrons. The van der Waals surface area contributed by atoms with E-state index < -0.39 is 0 Å². The molecule has 3 heteroatoms. The minimum Gasteiger partial charge on any atom is -0.295 e. The lowest BCUT2D eigenvalue weighted by molar-refractivity contribution is 0.326. The van der Waals surface area contributed by atoms with Gasteiger partial charge in [0.2, 0.25) is 0 Å². The number of hydrogen-bond donors (Lipinski definition) is 0. The van der Waals surface area contributed by atoms with Gasteiger partial charge in [-0.3, -0.25) is 5.01 Å². The Morgan fingerprint density at radius 1 is 1.33 bits per heavy atom. The molecule has 0 aromatic heterocycles. The summed E-state index contributed by atoms with van der Waals surface area (Å²) in [6.07, 6.45) is 1.53. The Morgan fingerprint density at radius 3 is 2.87 bits per heavy atom. The van der Waals surface area contributed by atoms with E-state index >= 15 is 0 Å². The summed E-state index contributed by atoms with van der Waals surface area (Å²) in [5.74, 6) is 0. The molecule has 15 heavy (non-hydrogen) atoms. The first-order valence-electron chi connectivity index (χ1n) is 5.15. The Bertz CT molecular complexity index is 389. The number of nitriles is 1. The Labute approximate surface area is 89.6 Å². The molecule has 1 aliphatic rings. The van der Waals surface area contributed by atoms with Crippen molar-refractivity contribution in [3.05, 3.63) is 35.9 Å². The maximum absolute atomic E-state index is 8.48. The number of benzene rings is 1. The Hall–Kier alpha value is -1.82. The molecule has 0 fully saturated rings. The molecule has 0 unspecified atom stereocenters. The zero-order valence-electron chi connectivity index (χ0n) is 8.56. The minimum absolute atomic E-state index is 0.547. The molecule has 1 aromatic rings. The molecule has 1 aliphatic heterocycles. The smallest absolute Gasteiger partial charge is 0.0695 e. The summed E-state index contributed by atoms with van der Waals surface area (Å²) in [7, 11) is 0. The van der Waals surface area contributed by atoms with Crippen LogP contribution >= 0.6 is 0 Å². The molecule has 0 spiro atoms. The SMILES string of the molecule is N#CCCN1CCC(c2ccccc2)=N1. The zero-order chi connectivity index (χ0) is 10.5. The van der Waals surface area contributed by atoms with Crippen LogP contribution < -0.4 is 0 Å². The van der Waals surface area contributed by atoms with Gasteiger partial charge in [-0.05, 0) is 5.56 Å². The van der Waals surface area contributed by atoms with Crippen molar-refractivity contribution in [3.8, 4) is 6.07 Å². The summed E-state index contributed by atoms with van der Waals surface area (Å²) in [5, 5.41) is 15.0. The topological polar surface area (TPSA) is 39.4 Å². The molecule has 0 amide bonds. The van der Waals surface area contributed by atoms with E-state index in [9.17, 15) is 0 Å². The fraction of sp³-hybridized carbons (Fsp3) is 0.333. The molecule has 76 valence electrons. The Kier molecular flexibility index (Phi) is 2.99. The first-order chi connectivity index (χ1) is 7.40. The normalized spacial score (nSPS) is 14.9. The van der Waals surface area contributed by atoms with Crippen LogP contribution in [0, 0.1) is 11.3 Å². The largest absolute Gasteiger partial charge is 0.295 e. The Morgan fingerprint density at radius 2 is 2.13 bits per heavy atom. The van der Waals surface area contributed by atoms with Gasteiger partial charge in [0.1, 0.15) is 0 Å². The number of hydrogen-bond acceptors (Lipinski definition) is 3. The first kappa shape index (κ1) is 9.72. The quantitative estimate of drug-likeness (QED) is 0.747. The first-order valence-corrected chi connectivity index (χ1v) is 5.15. The monoisotopic (exact) mass is 199 g/mol. The lowest BCUT2D eigenvalue weighted by Crippen LogP contribution is -2.14. The van der Waals surface area contributed by atoms with E-state index in [1.54, 1.807) is 0 Å². The van der Waals surface area contributed by atoms with Gasteiger partial charge in [0, 0.05) is 19.5 Å². The lowest BCUT2D eigenvalue weighted by Gasteiger charge is -2.09. The van der Waals surface area contributed by atoms with Crippen molar-refractivity contribution < 1.29 is 0 Å². The predicted molar refractivity (Wildman–Crippen MR) is 59.4 cm³/mol. The Balaban J connectivity index is 2.04. The maximum atomic E-state index is 8.48. The van der Waals surface area contributed by atoms with Crippen LogP contribution in [0.3, 0.4) is 0 Å². The van der Waals surface area contributed by atoms with Crippen LogP contribution in [0.1, 0.15) is 18.4 Å². The van der Waals surface area contributed by atoms with Crippen LogP contribution in [0.5, 0.6) is 0 Å². The highest BCUT2D eigenvalue weighted by molar-refractivity contribution is 6.01. The third-order valence-corrected chi connectivity index (χ3v) is 2.46. The summed E-state index contributed by atoms with van der Waals surface area (Å²) < 4.78 is 0. The second-order valence-electron chi connectivity index (χ2n) is 3.52. The van der Waals surface area contributed by atoms with Crippen molar-refractivity contribution in [2.75, 3.05) is 13.1 Å². The molecule has 0 saturated carbocycles. The third kappa shape index (κ3) is 2.35. The molecule has 1 heterocycles. The van der Waals surface area contributed by atoms with Gasteiger partial charge in [-0.15, -0.1) is 0 Å². The fourth-order valence-corrected chi connectivity index (χ4v) is 1.68. The van der Waals surface area contributed by atoms with Crippen molar-refractivity contribution in [1.82, 2.24) is 5.01 Å². The standard InChI is InChI=1S/C12H13N3/c13-8-4-9-15-10-7-12(14-15)11-5-2-1-3-6-11/h1-3,5-6H,4,7,9-10H2. The summed E-state index contributed by atoms with van der Waals surface area (Å²) >= 11 is 0. The minimum atomic E-state index is 0.547. The number of hydrazone groups is 1. The highest BCUT2D eigenvalue weighted by Crippen LogP contribution is 2.13. The van der Waals surface area contributed by atoms with Gasteiger partial charge < -0.3 is 0 Å². The van der Waals surface area contributed by atoms with Crippen LogP contribution in [0.25, 0.3) is 0 Å². The molecule has 0 aliphatic carbocycles. The van der Waals surface area contributed by atoms with E-state index in [1.807, 2.05) is 23.2 Å². The van der Waals surface area contributed by atoms with Crippen LogP contribution in [0.2, 0.25) is 0 Å². The number of nitrogens with zero attached hydrogens (tertiary/aromatic N) is 3. The maximum Gasteiger partial charge on any atom is 0.0695 e. The predicted octanol–water partition coefficient (Wildman–Crippen LogP) is 2.01. The van der Waals surface area contributed by atoms with E-state index in [2.05, 4.69) is 23.3 Å². The van der Waals surface area contributed by atoms with Gasteiger partial charge in [0.05, 0.1) is 18.2 Å². The molecule has 0 atom stereocenters. The van der Waals surface area contributed by atoms with E-state index in [-0.39, 0.29) is 0 Å². The van der Waals surface area contributed by atoms with Gasteiger partial charge in [-0.2, -0.15) is 10.4 Å². The van der Waals surface area contributed by atoms with Gasteiger partial charge in [-0.25, -0.2) is 0 Å². The molecular weight excluding hydrogens is 186 g/mol. The van der Waals surface area contributed by atoms with Crippen LogP contribution in [-0.4, -0.2) is 23.8 Å². The van der Waals surface area contributed by atoms with Gasteiger partial charge in [0.25, 0.3) is 0 Å². The highest BCUT2D eigenvalue weighted by Gasteiger charge is 2.14. The summed E-state index contributed by atoms with van der Waals surface area (Å²) in [5.41, 5.74) is 2.32. The molecule has 0 bridgehead atoms. The van der Waals surface area contributed by atoms with Gasteiger partial charge >= 0.3 is 0 Å². The highest BCUT2D eigenvalue weighted by atomic mass is 15.5. The molecule has 1 aromatic carbocycles. The molecule has 0 N–H and O–H groups in total. The zero-order valence-corrected chi connectivity index (χ0v) is 8.56. The second kappa shape index (κ2) is 4.61. The van der Waals surface area contributed by atoms with Crippen molar-refractivity contribution in [3.63, 3.8) is 0 Å². The van der Waals surface area contributed by atoms with Crippen molar-refractivity contribution in [2.24, 2.45) is 5.10 Å². The van der Waals surface area contributed by atoms with Gasteiger partial charge in [-0.1, -0.05) is 30.3 Å². The summed E-state index contributed by atoms with van der Waals surface area (Å²) in [6.45, 7) is 1.68.